The fourth-order valence-electron chi connectivity index (χ4n) is 0.655. The molecule has 1 heterocycles. The summed E-state index contributed by atoms with van der Waals surface area (Å²) >= 11 is 3.14. The molecule has 1 unspecified atom stereocenters. The number of aliphatic carboxylic acids is 1. The Bertz CT molecular complexity index is 210. The van der Waals surface area contributed by atoms with Gasteiger partial charge >= 0.3 is 5.97 Å². The second kappa shape index (κ2) is 2.96. The highest BCUT2D eigenvalue weighted by Crippen LogP contribution is 2.08. The maximum absolute atomic E-state index is 10.3. The minimum atomic E-state index is -0.819. The molecule has 1 rings (SSSR count). The van der Waals surface area contributed by atoms with Crippen LogP contribution in [0.5, 0.6) is 0 Å². The van der Waals surface area contributed by atoms with Gasteiger partial charge in [-0.1, -0.05) is 6.08 Å². The lowest BCUT2D eigenvalue weighted by Gasteiger charge is -2.07. The number of hydrogen-bond acceptors (Lipinski definition) is 2. The summed E-state index contributed by atoms with van der Waals surface area (Å²) in [5.74, 6) is -1.26. The number of dihydropyridines is 1. The Balaban J connectivity index is 2.60. The van der Waals surface area contributed by atoms with Gasteiger partial charge in [-0.05, 0) is 22.0 Å². The largest absolute Gasteiger partial charge is 0.481 e. The number of aliphatic imine (C=N–C) groups is 1. The Hall–Kier alpha value is -0.640. The van der Waals surface area contributed by atoms with Crippen molar-refractivity contribution in [3.63, 3.8) is 0 Å². The first-order chi connectivity index (χ1) is 4.70. The summed E-state index contributed by atoms with van der Waals surface area (Å²) < 4.78 is 0.713. The van der Waals surface area contributed by atoms with Gasteiger partial charge in [-0.3, -0.25) is 9.79 Å². The molecular formula is C6H6BrNO2. The zero-order valence-corrected chi connectivity index (χ0v) is 6.71. The molecule has 1 atom stereocenters. The molecule has 54 valence electrons. The van der Waals surface area contributed by atoms with E-state index in [1.165, 1.54) is 0 Å². The van der Waals surface area contributed by atoms with Crippen LogP contribution >= 0.6 is 15.9 Å². The van der Waals surface area contributed by atoms with Gasteiger partial charge in [-0.25, -0.2) is 0 Å². The van der Waals surface area contributed by atoms with Crippen molar-refractivity contribution in [2.45, 2.75) is 0 Å². The average Bonchev–Trinajstić information content (AvgIpc) is 1.88. The number of carboxylic acids is 1. The van der Waals surface area contributed by atoms with E-state index in [1.807, 2.05) is 0 Å². The summed E-state index contributed by atoms with van der Waals surface area (Å²) in [7, 11) is 0. The number of allylic oxidation sites excluding steroid dienone is 1. The van der Waals surface area contributed by atoms with Gasteiger partial charge in [0.05, 0.1) is 17.1 Å². The first-order valence-electron chi connectivity index (χ1n) is 2.81. The van der Waals surface area contributed by atoms with Crippen molar-refractivity contribution in [2.75, 3.05) is 6.54 Å². The molecular weight excluding hydrogens is 198 g/mol. The molecule has 0 spiro atoms. The maximum atomic E-state index is 10.3. The summed E-state index contributed by atoms with van der Waals surface area (Å²) in [6.45, 7) is 0.340. The van der Waals surface area contributed by atoms with E-state index in [-0.39, 0.29) is 0 Å². The smallest absolute Gasteiger partial charge is 0.312 e. The molecule has 1 aliphatic heterocycles. The standard InChI is InChI=1S/C6H6BrNO2/c7-5-2-1-4(3-8-5)6(9)10/h1-2,4H,3H2,(H,9,10). The van der Waals surface area contributed by atoms with Crippen LogP contribution in [-0.2, 0) is 4.79 Å². The van der Waals surface area contributed by atoms with Crippen LogP contribution in [0.25, 0.3) is 0 Å². The number of nitrogens with zero attached hydrogens (tertiary/aromatic N) is 1. The molecule has 0 bridgehead atoms. The predicted octanol–water partition coefficient (Wildman–Crippen LogP) is 1.05. The third kappa shape index (κ3) is 1.67. The molecule has 0 saturated carbocycles. The van der Waals surface area contributed by atoms with E-state index in [1.54, 1.807) is 12.2 Å². The number of carbonyl (C=O) groups is 1. The molecule has 10 heavy (non-hydrogen) atoms. The molecule has 1 aliphatic rings. The Morgan fingerprint density at radius 3 is 3.00 bits per heavy atom. The minimum Gasteiger partial charge on any atom is -0.481 e. The lowest BCUT2D eigenvalue weighted by molar-refractivity contribution is -0.139. The monoisotopic (exact) mass is 203 g/mol. The summed E-state index contributed by atoms with van der Waals surface area (Å²) in [6, 6.07) is 0. The zero-order chi connectivity index (χ0) is 7.56. The Morgan fingerprint density at radius 2 is 2.60 bits per heavy atom. The molecule has 0 aliphatic carbocycles. The number of hydrogen-bond donors (Lipinski definition) is 1. The van der Waals surface area contributed by atoms with E-state index in [9.17, 15) is 4.79 Å². The van der Waals surface area contributed by atoms with Gasteiger partial charge in [0.1, 0.15) is 0 Å². The van der Waals surface area contributed by atoms with Crippen molar-refractivity contribution in [2.24, 2.45) is 10.9 Å². The van der Waals surface area contributed by atoms with Crippen LogP contribution in [0.1, 0.15) is 0 Å². The van der Waals surface area contributed by atoms with E-state index >= 15 is 0 Å². The number of halogens is 1. The van der Waals surface area contributed by atoms with Gasteiger partial charge in [0.2, 0.25) is 0 Å². The lowest BCUT2D eigenvalue weighted by atomic mass is 10.1. The highest BCUT2D eigenvalue weighted by molar-refractivity contribution is 9.18. The minimum absolute atomic E-state index is 0.340. The summed E-state index contributed by atoms with van der Waals surface area (Å²) in [4.78, 5) is 14.2. The highest BCUT2D eigenvalue weighted by Gasteiger charge is 2.15. The third-order valence-electron chi connectivity index (χ3n) is 1.22. The molecule has 0 fully saturated rings. The van der Waals surface area contributed by atoms with Gasteiger partial charge in [0, 0.05) is 0 Å². The van der Waals surface area contributed by atoms with Crippen molar-refractivity contribution in [3.8, 4) is 0 Å². The van der Waals surface area contributed by atoms with Crippen molar-refractivity contribution >= 4 is 26.5 Å². The first kappa shape index (κ1) is 7.47. The van der Waals surface area contributed by atoms with Gasteiger partial charge in [0.15, 0.2) is 0 Å². The molecule has 0 aromatic carbocycles. The topological polar surface area (TPSA) is 49.7 Å². The van der Waals surface area contributed by atoms with Crippen LogP contribution in [0.2, 0.25) is 0 Å². The Kier molecular flexibility index (Phi) is 2.21. The van der Waals surface area contributed by atoms with Gasteiger partial charge in [-0.15, -0.1) is 0 Å². The Labute approximate surface area is 66.6 Å². The second-order valence-corrected chi connectivity index (χ2v) is 2.78. The number of carboxylic acid groups (broad SMARTS) is 1. The van der Waals surface area contributed by atoms with E-state index in [0.717, 1.165) is 0 Å². The average molecular weight is 204 g/mol. The molecule has 0 aromatic rings. The highest BCUT2D eigenvalue weighted by atomic mass is 79.9. The van der Waals surface area contributed by atoms with Crippen LogP contribution in [-0.4, -0.2) is 22.2 Å². The van der Waals surface area contributed by atoms with Crippen LogP contribution in [0.4, 0.5) is 0 Å². The fourth-order valence-corrected chi connectivity index (χ4v) is 0.952. The van der Waals surface area contributed by atoms with E-state index in [4.69, 9.17) is 5.11 Å². The zero-order valence-electron chi connectivity index (χ0n) is 5.12. The van der Waals surface area contributed by atoms with E-state index < -0.39 is 11.9 Å². The predicted molar refractivity (Wildman–Crippen MR) is 41.5 cm³/mol. The van der Waals surface area contributed by atoms with Gasteiger partial charge in [0.25, 0.3) is 0 Å². The quantitative estimate of drug-likeness (QED) is 0.693. The molecule has 0 radical (unpaired) electrons. The molecule has 0 amide bonds. The van der Waals surface area contributed by atoms with E-state index in [0.29, 0.717) is 11.2 Å². The summed E-state index contributed by atoms with van der Waals surface area (Å²) in [5, 5.41) is 8.49. The second-order valence-electron chi connectivity index (χ2n) is 1.97. The van der Waals surface area contributed by atoms with Crippen molar-refractivity contribution in [1.29, 1.82) is 0 Å². The molecule has 0 saturated heterocycles. The SMILES string of the molecule is O=C(O)C1C=CC(Br)=NC1. The number of rotatable bonds is 1. The maximum Gasteiger partial charge on any atom is 0.312 e. The molecule has 3 nitrogen and oxygen atoms in total. The van der Waals surface area contributed by atoms with Crippen LogP contribution in [0, 0.1) is 5.92 Å². The van der Waals surface area contributed by atoms with Crippen LogP contribution < -0.4 is 0 Å². The van der Waals surface area contributed by atoms with E-state index in [2.05, 4.69) is 20.9 Å². The normalized spacial score (nSPS) is 24.1. The van der Waals surface area contributed by atoms with Crippen molar-refractivity contribution in [1.82, 2.24) is 0 Å². The van der Waals surface area contributed by atoms with Crippen molar-refractivity contribution < 1.29 is 9.90 Å². The van der Waals surface area contributed by atoms with Gasteiger partial charge < -0.3 is 5.11 Å². The fraction of sp³-hybridized carbons (Fsp3) is 0.333. The molecule has 0 aromatic heterocycles. The van der Waals surface area contributed by atoms with Gasteiger partial charge in [-0.2, -0.15) is 0 Å². The lowest BCUT2D eigenvalue weighted by Crippen LogP contribution is -2.17. The Morgan fingerprint density at radius 1 is 1.90 bits per heavy atom. The summed E-state index contributed by atoms with van der Waals surface area (Å²) in [6.07, 6.45) is 3.28. The summed E-state index contributed by atoms with van der Waals surface area (Å²) in [5.41, 5.74) is 0. The van der Waals surface area contributed by atoms with Crippen molar-refractivity contribution in [3.05, 3.63) is 12.2 Å². The first-order valence-corrected chi connectivity index (χ1v) is 3.60. The van der Waals surface area contributed by atoms with Crippen LogP contribution in [0.3, 0.4) is 0 Å². The molecule has 4 heteroatoms. The molecule has 1 N–H and O–H groups in total. The van der Waals surface area contributed by atoms with Crippen LogP contribution in [0.15, 0.2) is 17.1 Å². The third-order valence-corrected chi connectivity index (χ3v) is 1.74.